The van der Waals surface area contributed by atoms with Gasteiger partial charge in [-0.2, -0.15) is 0 Å². The molecule has 7 heteroatoms. The summed E-state index contributed by atoms with van der Waals surface area (Å²) in [6, 6.07) is 18.4. The van der Waals surface area contributed by atoms with Gasteiger partial charge in [0.25, 0.3) is 5.91 Å². The summed E-state index contributed by atoms with van der Waals surface area (Å²) in [7, 11) is 1.52. The van der Waals surface area contributed by atoms with Crippen LogP contribution in [0.1, 0.15) is 23.7 Å². The van der Waals surface area contributed by atoms with Crippen molar-refractivity contribution < 1.29 is 14.3 Å². The number of carbonyl (C=O) groups excluding carboxylic acids is 2. The fraction of sp³-hybridized carbons (Fsp3) is 0.136. The number of anilines is 2. The number of rotatable bonds is 5. The average Bonchev–Trinajstić information content (AvgIpc) is 2.72. The van der Waals surface area contributed by atoms with E-state index in [9.17, 15) is 9.59 Å². The summed E-state index contributed by atoms with van der Waals surface area (Å²) in [5, 5.41) is 10.5. The maximum atomic E-state index is 12.7. The maximum absolute atomic E-state index is 12.7. The number of benzene rings is 3. The highest BCUT2D eigenvalue weighted by Gasteiger charge is 2.15. The van der Waals surface area contributed by atoms with Crippen molar-refractivity contribution in [1.29, 1.82) is 0 Å². The van der Waals surface area contributed by atoms with Crippen LogP contribution in [0.3, 0.4) is 0 Å². The smallest absolute Gasteiger partial charge is 0.261 e. The Morgan fingerprint density at radius 1 is 0.931 bits per heavy atom. The Morgan fingerprint density at radius 2 is 1.59 bits per heavy atom. The van der Waals surface area contributed by atoms with Gasteiger partial charge in [0.1, 0.15) is 5.75 Å². The van der Waals surface area contributed by atoms with Gasteiger partial charge >= 0.3 is 0 Å². The number of hydrogen-bond donors (Lipinski definition) is 3. The molecule has 0 aliphatic heterocycles. The van der Waals surface area contributed by atoms with E-state index in [2.05, 4.69) is 16.0 Å². The lowest BCUT2D eigenvalue weighted by Gasteiger charge is -2.13. The summed E-state index contributed by atoms with van der Waals surface area (Å²) in [5.74, 6) is 0.00949. The van der Waals surface area contributed by atoms with Crippen LogP contribution in [-0.4, -0.2) is 24.0 Å². The largest absolute Gasteiger partial charge is 0.496 e. The van der Waals surface area contributed by atoms with Crippen LogP contribution in [0.25, 0.3) is 10.8 Å². The second-order valence-corrected chi connectivity index (χ2v) is 6.70. The van der Waals surface area contributed by atoms with E-state index in [4.69, 9.17) is 17.0 Å². The minimum absolute atomic E-state index is 0.0820. The van der Waals surface area contributed by atoms with Crippen LogP contribution in [-0.2, 0) is 4.79 Å². The van der Waals surface area contributed by atoms with E-state index >= 15 is 0 Å². The Kier molecular flexibility index (Phi) is 6.41. The molecule has 3 aromatic rings. The predicted octanol–water partition coefficient (Wildman–Crippen LogP) is 4.32. The fourth-order valence-corrected chi connectivity index (χ4v) is 3.03. The number of ether oxygens (including phenoxy) is 1. The highest BCUT2D eigenvalue weighted by molar-refractivity contribution is 7.80. The molecule has 0 aromatic heterocycles. The second kappa shape index (κ2) is 9.16. The third-order valence-electron chi connectivity index (χ3n) is 4.26. The Morgan fingerprint density at radius 3 is 2.24 bits per heavy atom. The van der Waals surface area contributed by atoms with Gasteiger partial charge in [-0.3, -0.25) is 14.9 Å². The van der Waals surface area contributed by atoms with Gasteiger partial charge in [0.2, 0.25) is 5.91 Å². The van der Waals surface area contributed by atoms with Crippen molar-refractivity contribution in [3.05, 3.63) is 66.2 Å². The molecule has 0 aliphatic carbocycles. The lowest BCUT2D eigenvalue weighted by molar-refractivity contribution is -0.115. The standard InChI is InChI=1S/C22H21N3O3S/c1-3-20(26)23-16-9-6-10-17(13-16)24-22(29)25-21(27)18-11-14-7-4-5-8-15(14)12-19(18)28-2/h4-13H,3H2,1-2H3,(H,23,26)(H2,24,25,27,29). The quantitative estimate of drug-likeness (QED) is 0.549. The Balaban J connectivity index is 1.73. The molecule has 0 fully saturated rings. The van der Waals surface area contributed by atoms with Crippen LogP contribution in [0.5, 0.6) is 5.75 Å². The minimum atomic E-state index is -0.374. The molecule has 0 atom stereocenters. The molecule has 0 aliphatic rings. The van der Waals surface area contributed by atoms with Crippen LogP contribution < -0.4 is 20.7 Å². The summed E-state index contributed by atoms with van der Waals surface area (Å²) in [6.45, 7) is 1.78. The molecule has 29 heavy (non-hydrogen) atoms. The summed E-state index contributed by atoms with van der Waals surface area (Å²) in [6.07, 6.45) is 0.389. The zero-order valence-electron chi connectivity index (χ0n) is 16.1. The summed E-state index contributed by atoms with van der Waals surface area (Å²) >= 11 is 5.27. The first-order valence-electron chi connectivity index (χ1n) is 9.09. The molecule has 0 heterocycles. The monoisotopic (exact) mass is 407 g/mol. The highest BCUT2D eigenvalue weighted by Crippen LogP contribution is 2.26. The van der Waals surface area contributed by atoms with E-state index in [1.807, 2.05) is 30.3 Å². The molecule has 3 rings (SSSR count). The molecular formula is C22H21N3O3S. The Hall–Kier alpha value is -3.45. The van der Waals surface area contributed by atoms with Crippen LogP contribution >= 0.6 is 12.2 Å². The normalized spacial score (nSPS) is 10.3. The molecule has 0 radical (unpaired) electrons. The number of carbonyl (C=O) groups is 2. The van der Waals surface area contributed by atoms with E-state index < -0.39 is 0 Å². The maximum Gasteiger partial charge on any atom is 0.261 e. The Bertz CT molecular complexity index is 1080. The third kappa shape index (κ3) is 5.08. The van der Waals surface area contributed by atoms with Crippen LogP contribution in [0.2, 0.25) is 0 Å². The number of hydrogen-bond acceptors (Lipinski definition) is 4. The van der Waals surface area contributed by atoms with E-state index in [-0.39, 0.29) is 16.9 Å². The number of methoxy groups -OCH3 is 1. The van der Waals surface area contributed by atoms with Crippen molar-refractivity contribution in [2.24, 2.45) is 0 Å². The van der Waals surface area contributed by atoms with Gasteiger partial charge in [0.05, 0.1) is 12.7 Å². The molecule has 0 bridgehead atoms. The van der Waals surface area contributed by atoms with Crippen LogP contribution in [0, 0.1) is 0 Å². The zero-order valence-corrected chi connectivity index (χ0v) is 16.9. The van der Waals surface area contributed by atoms with E-state index in [1.165, 1.54) is 7.11 Å². The average molecular weight is 407 g/mol. The molecule has 0 spiro atoms. The van der Waals surface area contributed by atoms with Gasteiger partial charge in [0, 0.05) is 17.8 Å². The van der Waals surface area contributed by atoms with Gasteiger partial charge in [-0.1, -0.05) is 37.3 Å². The molecule has 3 N–H and O–H groups in total. The number of fused-ring (bicyclic) bond motifs is 1. The molecule has 0 saturated heterocycles. The Labute approximate surface area is 174 Å². The zero-order chi connectivity index (χ0) is 20.8. The molecule has 3 aromatic carbocycles. The SMILES string of the molecule is CCC(=O)Nc1cccc(NC(=S)NC(=O)c2cc3ccccc3cc2OC)c1. The summed E-state index contributed by atoms with van der Waals surface area (Å²) in [4.78, 5) is 24.3. The topological polar surface area (TPSA) is 79.5 Å². The van der Waals surface area contributed by atoms with Crippen LogP contribution in [0.4, 0.5) is 11.4 Å². The number of nitrogens with one attached hydrogen (secondary N) is 3. The molecule has 0 saturated carbocycles. The fourth-order valence-electron chi connectivity index (χ4n) is 2.82. The van der Waals surface area contributed by atoms with E-state index in [1.54, 1.807) is 37.3 Å². The van der Waals surface area contributed by atoms with E-state index in [0.717, 1.165) is 10.8 Å². The van der Waals surface area contributed by atoms with Crippen molar-refractivity contribution in [2.45, 2.75) is 13.3 Å². The number of thiocarbonyl (C=S) groups is 1. The first kappa shape index (κ1) is 20.3. The van der Waals surface area contributed by atoms with Gasteiger partial charge in [-0.25, -0.2) is 0 Å². The molecule has 0 unspecified atom stereocenters. The number of amides is 2. The lowest BCUT2D eigenvalue weighted by Crippen LogP contribution is -2.34. The minimum Gasteiger partial charge on any atom is -0.496 e. The molecular weight excluding hydrogens is 386 g/mol. The first-order valence-corrected chi connectivity index (χ1v) is 9.50. The van der Waals surface area contributed by atoms with Gasteiger partial charge < -0.3 is 15.4 Å². The van der Waals surface area contributed by atoms with Crippen molar-refractivity contribution in [3.63, 3.8) is 0 Å². The molecule has 6 nitrogen and oxygen atoms in total. The molecule has 148 valence electrons. The van der Waals surface area contributed by atoms with Gasteiger partial charge in [-0.15, -0.1) is 0 Å². The van der Waals surface area contributed by atoms with Crippen molar-refractivity contribution in [2.75, 3.05) is 17.7 Å². The van der Waals surface area contributed by atoms with Gasteiger partial charge in [0.15, 0.2) is 5.11 Å². The molecule has 2 amide bonds. The lowest BCUT2D eigenvalue weighted by atomic mass is 10.1. The third-order valence-corrected chi connectivity index (χ3v) is 4.47. The van der Waals surface area contributed by atoms with Crippen LogP contribution in [0.15, 0.2) is 60.7 Å². The second-order valence-electron chi connectivity index (χ2n) is 6.29. The summed E-state index contributed by atoms with van der Waals surface area (Å²) in [5.41, 5.74) is 1.68. The highest BCUT2D eigenvalue weighted by atomic mass is 32.1. The van der Waals surface area contributed by atoms with Gasteiger partial charge in [-0.05, 0) is 53.3 Å². The van der Waals surface area contributed by atoms with E-state index in [0.29, 0.717) is 29.1 Å². The summed E-state index contributed by atoms with van der Waals surface area (Å²) < 4.78 is 5.37. The van der Waals surface area contributed by atoms with Crippen molar-refractivity contribution in [1.82, 2.24) is 5.32 Å². The van der Waals surface area contributed by atoms with Crippen molar-refractivity contribution in [3.8, 4) is 5.75 Å². The predicted molar refractivity (Wildman–Crippen MR) is 120 cm³/mol. The first-order chi connectivity index (χ1) is 14.0. The van der Waals surface area contributed by atoms with Crippen molar-refractivity contribution >= 4 is 51.3 Å².